The average molecular weight is 473 g/mol. The lowest BCUT2D eigenvalue weighted by Gasteiger charge is -2.26. The molecule has 9 heteroatoms. The molecule has 0 unspecified atom stereocenters. The number of anilines is 1. The monoisotopic (exact) mass is 472 g/mol. The molecule has 0 bridgehead atoms. The van der Waals surface area contributed by atoms with Crippen LogP contribution in [0.3, 0.4) is 0 Å². The summed E-state index contributed by atoms with van der Waals surface area (Å²) in [5.74, 6) is 0.311. The van der Waals surface area contributed by atoms with Crippen molar-refractivity contribution in [3.8, 4) is 11.3 Å². The third-order valence-corrected chi connectivity index (χ3v) is 7.39. The van der Waals surface area contributed by atoms with Crippen LogP contribution in [0, 0.1) is 12.7 Å². The van der Waals surface area contributed by atoms with E-state index in [1.807, 2.05) is 0 Å². The van der Waals surface area contributed by atoms with E-state index in [0.29, 0.717) is 55.5 Å². The Morgan fingerprint density at radius 2 is 1.85 bits per heavy atom. The molecule has 0 aliphatic carbocycles. The summed E-state index contributed by atoms with van der Waals surface area (Å²) in [6.45, 7) is 3.12. The Kier molecular flexibility index (Phi) is 6.92. The van der Waals surface area contributed by atoms with Gasteiger partial charge in [0.2, 0.25) is 15.9 Å². The molecule has 1 N–H and O–H groups in total. The van der Waals surface area contributed by atoms with Gasteiger partial charge in [-0.2, -0.15) is 4.31 Å². The maximum Gasteiger partial charge on any atom is 0.243 e. The van der Waals surface area contributed by atoms with Crippen LogP contribution in [0.5, 0.6) is 0 Å². The molecule has 4 rings (SSSR count). The number of hydrogen-bond acceptors (Lipinski definition) is 5. The third-order valence-electron chi connectivity index (χ3n) is 5.49. The maximum atomic E-state index is 13.9. The molecule has 1 aromatic heterocycles. The first-order valence-corrected chi connectivity index (χ1v) is 12.1. The van der Waals surface area contributed by atoms with Crippen molar-refractivity contribution in [2.24, 2.45) is 0 Å². The zero-order chi connectivity index (χ0) is 23.4. The van der Waals surface area contributed by atoms with Gasteiger partial charge in [-0.05, 0) is 48.9 Å². The number of nitrogens with one attached hydrogen (secondary N) is 1. The molecule has 0 spiro atoms. The molecule has 0 atom stereocenters. The lowest BCUT2D eigenvalue weighted by atomic mass is 10.1. The van der Waals surface area contributed by atoms with Gasteiger partial charge in [-0.15, -0.1) is 0 Å². The number of halogens is 1. The summed E-state index contributed by atoms with van der Waals surface area (Å²) in [4.78, 5) is 12.7. The maximum absolute atomic E-state index is 13.9. The van der Waals surface area contributed by atoms with Crippen molar-refractivity contribution >= 4 is 21.6 Å². The Morgan fingerprint density at radius 1 is 1.09 bits per heavy atom. The van der Waals surface area contributed by atoms with E-state index in [-0.39, 0.29) is 23.0 Å². The Balaban J connectivity index is 1.41. The number of ether oxygens (including phenoxy) is 1. The Morgan fingerprint density at radius 3 is 2.61 bits per heavy atom. The van der Waals surface area contributed by atoms with E-state index in [4.69, 9.17) is 9.15 Å². The predicted octanol–water partition coefficient (Wildman–Crippen LogP) is 3.99. The molecule has 7 nitrogen and oxygen atoms in total. The topological polar surface area (TPSA) is 88.9 Å². The van der Waals surface area contributed by atoms with E-state index in [1.165, 1.54) is 16.4 Å². The minimum Gasteiger partial charge on any atom is -0.461 e. The van der Waals surface area contributed by atoms with Crippen molar-refractivity contribution in [3.63, 3.8) is 0 Å². The fraction of sp³-hybridized carbons (Fsp3) is 0.292. The molecular formula is C24H25FN2O5S. The number of furan rings is 1. The number of sulfonamides is 1. The molecular weight excluding hydrogens is 447 g/mol. The molecule has 3 aromatic rings. The summed E-state index contributed by atoms with van der Waals surface area (Å²) in [6, 6.07) is 14.4. The quantitative estimate of drug-likeness (QED) is 0.562. The summed E-state index contributed by atoms with van der Waals surface area (Å²) >= 11 is 0. The average Bonchev–Trinajstić information content (AvgIpc) is 3.29. The number of rotatable bonds is 7. The van der Waals surface area contributed by atoms with Crippen LogP contribution in [-0.2, 0) is 26.0 Å². The Labute approximate surface area is 192 Å². The van der Waals surface area contributed by atoms with Crippen LogP contribution in [0.2, 0.25) is 0 Å². The van der Waals surface area contributed by atoms with Crippen molar-refractivity contribution < 1.29 is 26.8 Å². The number of hydrogen-bond donors (Lipinski definition) is 1. The molecule has 2 aromatic carbocycles. The third kappa shape index (κ3) is 5.32. The molecule has 0 saturated carbocycles. The van der Waals surface area contributed by atoms with Gasteiger partial charge >= 0.3 is 0 Å². The minimum absolute atomic E-state index is 0.129. The smallest absolute Gasteiger partial charge is 0.243 e. The second-order valence-corrected chi connectivity index (χ2v) is 9.73. The second kappa shape index (κ2) is 9.86. The van der Waals surface area contributed by atoms with Crippen LogP contribution in [-0.4, -0.2) is 44.9 Å². The van der Waals surface area contributed by atoms with Crippen LogP contribution < -0.4 is 5.32 Å². The van der Waals surface area contributed by atoms with E-state index in [2.05, 4.69) is 5.32 Å². The van der Waals surface area contributed by atoms with E-state index >= 15 is 0 Å². The van der Waals surface area contributed by atoms with Crippen molar-refractivity contribution in [2.45, 2.75) is 24.7 Å². The zero-order valence-electron chi connectivity index (χ0n) is 18.2. The van der Waals surface area contributed by atoms with E-state index in [0.717, 1.165) is 5.56 Å². The van der Waals surface area contributed by atoms with Crippen LogP contribution in [0.1, 0.15) is 17.7 Å². The summed E-state index contributed by atoms with van der Waals surface area (Å²) in [7, 11) is -3.66. The SMILES string of the molecule is Cc1ccc(S(=O)(=O)N2CCOCC2)cc1NC(=O)CCc1ccc(-c2ccccc2F)o1. The number of nitrogens with zero attached hydrogens (tertiary/aromatic N) is 1. The van der Waals surface area contributed by atoms with Crippen molar-refractivity contribution in [3.05, 3.63) is 71.7 Å². The van der Waals surface area contributed by atoms with Gasteiger partial charge in [0.15, 0.2) is 0 Å². The molecule has 0 radical (unpaired) electrons. The lowest BCUT2D eigenvalue weighted by molar-refractivity contribution is -0.116. The van der Waals surface area contributed by atoms with Gasteiger partial charge in [0, 0.05) is 31.6 Å². The predicted molar refractivity (Wildman–Crippen MR) is 122 cm³/mol. The van der Waals surface area contributed by atoms with Crippen molar-refractivity contribution in [1.29, 1.82) is 0 Å². The van der Waals surface area contributed by atoms with Gasteiger partial charge in [0.05, 0.1) is 23.7 Å². The zero-order valence-corrected chi connectivity index (χ0v) is 19.0. The Hall–Kier alpha value is -3.01. The first-order chi connectivity index (χ1) is 15.8. The van der Waals surface area contributed by atoms with Gasteiger partial charge in [-0.25, -0.2) is 12.8 Å². The number of benzene rings is 2. The van der Waals surface area contributed by atoms with Crippen molar-refractivity contribution in [1.82, 2.24) is 4.31 Å². The second-order valence-electron chi connectivity index (χ2n) is 7.79. The summed E-state index contributed by atoms with van der Waals surface area (Å²) < 4.78 is 52.1. The van der Waals surface area contributed by atoms with E-state index in [9.17, 15) is 17.6 Å². The molecule has 1 amide bonds. The first-order valence-electron chi connectivity index (χ1n) is 10.7. The number of amides is 1. The standard InChI is InChI=1S/C24H25FN2O5S/c1-17-6-9-19(33(29,30)27-12-14-31-15-13-27)16-22(17)26-24(28)11-8-18-7-10-23(32-18)20-4-2-3-5-21(20)25/h2-7,9-10,16H,8,11-15H2,1H3,(H,26,28). The van der Waals surface area contributed by atoms with Gasteiger partial charge < -0.3 is 14.5 Å². The van der Waals surface area contributed by atoms with Crippen LogP contribution >= 0.6 is 0 Å². The summed E-state index contributed by atoms with van der Waals surface area (Å²) in [5, 5.41) is 2.80. The molecule has 1 fully saturated rings. The van der Waals surface area contributed by atoms with Crippen LogP contribution in [0.25, 0.3) is 11.3 Å². The number of aryl methyl sites for hydroxylation is 2. The minimum atomic E-state index is -3.66. The molecule has 1 saturated heterocycles. The van der Waals surface area contributed by atoms with E-state index < -0.39 is 10.0 Å². The highest BCUT2D eigenvalue weighted by molar-refractivity contribution is 7.89. The van der Waals surface area contributed by atoms with Gasteiger partial charge in [0.1, 0.15) is 17.3 Å². The first kappa shape index (κ1) is 23.2. The van der Waals surface area contributed by atoms with Crippen molar-refractivity contribution in [2.75, 3.05) is 31.6 Å². The summed E-state index contributed by atoms with van der Waals surface area (Å²) in [6.07, 6.45) is 0.454. The normalized spacial score (nSPS) is 14.8. The molecule has 1 aliphatic rings. The highest BCUT2D eigenvalue weighted by atomic mass is 32.2. The molecule has 1 aliphatic heterocycles. The molecule has 2 heterocycles. The largest absolute Gasteiger partial charge is 0.461 e. The Bertz CT molecular complexity index is 1250. The van der Waals surface area contributed by atoms with Gasteiger partial charge in [-0.1, -0.05) is 18.2 Å². The van der Waals surface area contributed by atoms with Gasteiger partial charge in [-0.3, -0.25) is 4.79 Å². The number of carbonyl (C=O) groups is 1. The fourth-order valence-corrected chi connectivity index (χ4v) is 5.03. The number of carbonyl (C=O) groups excluding carboxylic acids is 1. The van der Waals surface area contributed by atoms with Crippen LogP contribution in [0.15, 0.2) is 63.9 Å². The fourth-order valence-electron chi connectivity index (χ4n) is 3.60. The highest BCUT2D eigenvalue weighted by Gasteiger charge is 2.27. The number of morpholine rings is 1. The van der Waals surface area contributed by atoms with Crippen LogP contribution in [0.4, 0.5) is 10.1 Å². The molecule has 33 heavy (non-hydrogen) atoms. The molecule has 174 valence electrons. The van der Waals surface area contributed by atoms with Gasteiger partial charge in [0.25, 0.3) is 0 Å². The lowest BCUT2D eigenvalue weighted by Crippen LogP contribution is -2.40. The highest BCUT2D eigenvalue weighted by Crippen LogP contribution is 2.26. The summed E-state index contributed by atoms with van der Waals surface area (Å²) in [5.41, 5.74) is 1.56. The van der Waals surface area contributed by atoms with E-state index in [1.54, 1.807) is 49.4 Å².